The van der Waals surface area contributed by atoms with Gasteiger partial charge in [-0.15, -0.1) is 0 Å². The molecule has 0 aliphatic carbocycles. The van der Waals surface area contributed by atoms with Crippen LogP contribution >= 0.6 is 0 Å². The molecule has 4 heteroatoms. The molecule has 0 bridgehead atoms. The number of carbonyl (C=O) groups is 1. The molecule has 3 rings (SSSR count). The van der Waals surface area contributed by atoms with Gasteiger partial charge in [-0.05, 0) is 82.5 Å². The lowest BCUT2D eigenvalue weighted by Gasteiger charge is -2.15. The van der Waals surface area contributed by atoms with Crippen molar-refractivity contribution < 1.29 is 9.53 Å². The molecule has 0 saturated heterocycles. The predicted octanol–water partition coefficient (Wildman–Crippen LogP) is 5.87. The van der Waals surface area contributed by atoms with Gasteiger partial charge in [0.05, 0.1) is 5.56 Å². The van der Waals surface area contributed by atoms with Gasteiger partial charge in [-0.25, -0.2) is 0 Å². The van der Waals surface area contributed by atoms with Crippen LogP contribution in [0.15, 0.2) is 66.7 Å². The van der Waals surface area contributed by atoms with Gasteiger partial charge in [0.1, 0.15) is 12.4 Å². The lowest BCUT2D eigenvalue weighted by Crippen LogP contribution is -2.20. The standard InChI is InChI=1S/C30H36N2O2/c1-22-16-23(2)18-27(17-22)26-11-13-30(34-15-14-31(3)4)28(20-26)29(33)12-10-24-8-7-9-25(19-24)21-32(5)6/h7-13,16-20H,14-15,21H2,1-6H3/b12-10+. The van der Waals surface area contributed by atoms with Crippen LogP contribution in [0.4, 0.5) is 0 Å². The largest absolute Gasteiger partial charge is 0.491 e. The van der Waals surface area contributed by atoms with E-state index in [1.807, 2.05) is 64.6 Å². The van der Waals surface area contributed by atoms with E-state index in [2.05, 4.69) is 54.0 Å². The Morgan fingerprint density at radius 2 is 1.59 bits per heavy atom. The molecule has 34 heavy (non-hydrogen) atoms. The number of nitrogens with zero attached hydrogens (tertiary/aromatic N) is 2. The minimum Gasteiger partial charge on any atom is -0.491 e. The van der Waals surface area contributed by atoms with E-state index in [1.54, 1.807) is 6.08 Å². The van der Waals surface area contributed by atoms with Crippen molar-refractivity contribution in [3.63, 3.8) is 0 Å². The van der Waals surface area contributed by atoms with Crippen LogP contribution in [-0.2, 0) is 6.54 Å². The van der Waals surface area contributed by atoms with Crippen molar-refractivity contribution in [1.82, 2.24) is 9.80 Å². The van der Waals surface area contributed by atoms with Crippen molar-refractivity contribution >= 4 is 11.9 Å². The molecule has 0 N–H and O–H groups in total. The van der Waals surface area contributed by atoms with Crippen molar-refractivity contribution in [2.75, 3.05) is 41.3 Å². The zero-order chi connectivity index (χ0) is 24.7. The lowest BCUT2D eigenvalue weighted by molar-refractivity contribution is 0.104. The molecule has 0 aromatic heterocycles. The highest BCUT2D eigenvalue weighted by Gasteiger charge is 2.13. The normalized spacial score (nSPS) is 11.5. The molecule has 0 aliphatic rings. The smallest absolute Gasteiger partial charge is 0.189 e. The Morgan fingerprint density at radius 1 is 0.853 bits per heavy atom. The summed E-state index contributed by atoms with van der Waals surface area (Å²) in [7, 11) is 8.11. The van der Waals surface area contributed by atoms with Crippen LogP contribution in [0.2, 0.25) is 0 Å². The fourth-order valence-corrected chi connectivity index (χ4v) is 3.93. The Hall–Kier alpha value is -3.21. The number of allylic oxidation sites excluding steroid dienone is 1. The van der Waals surface area contributed by atoms with Gasteiger partial charge in [0.15, 0.2) is 5.78 Å². The second-order valence-electron chi connectivity index (χ2n) is 9.42. The van der Waals surface area contributed by atoms with Crippen LogP contribution < -0.4 is 4.74 Å². The molecule has 0 radical (unpaired) electrons. The number of ether oxygens (including phenoxy) is 1. The summed E-state index contributed by atoms with van der Waals surface area (Å²) < 4.78 is 6.02. The van der Waals surface area contributed by atoms with Gasteiger partial charge in [0.25, 0.3) is 0 Å². The first kappa shape index (κ1) is 25.4. The number of hydrogen-bond acceptors (Lipinski definition) is 4. The first-order valence-corrected chi connectivity index (χ1v) is 11.7. The lowest BCUT2D eigenvalue weighted by atomic mass is 9.97. The Bertz CT molecular complexity index is 1140. The van der Waals surface area contributed by atoms with Crippen molar-refractivity contribution in [1.29, 1.82) is 0 Å². The van der Waals surface area contributed by atoms with E-state index in [9.17, 15) is 4.79 Å². The number of likely N-dealkylation sites (N-methyl/N-ethyl adjacent to an activating group) is 1. The molecule has 0 spiro atoms. The molecule has 3 aromatic carbocycles. The van der Waals surface area contributed by atoms with Gasteiger partial charge in [0, 0.05) is 13.1 Å². The van der Waals surface area contributed by atoms with Crippen molar-refractivity contribution in [3.8, 4) is 16.9 Å². The maximum absolute atomic E-state index is 13.3. The summed E-state index contributed by atoms with van der Waals surface area (Å²) in [4.78, 5) is 17.5. The summed E-state index contributed by atoms with van der Waals surface area (Å²) in [6, 6.07) is 20.6. The zero-order valence-electron chi connectivity index (χ0n) is 21.3. The second kappa shape index (κ2) is 11.8. The van der Waals surface area contributed by atoms with E-state index in [0.717, 1.165) is 29.8 Å². The molecular formula is C30H36N2O2. The van der Waals surface area contributed by atoms with Crippen LogP contribution in [0.1, 0.15) is 32.6 Å². The van der Waals surface area contributed by atoms with E-state index < -0.39 is 0 Å². The van der Waals surface area contributed by atoms with E-state index in [4.69, 9.17) is 4.74 Å². The van der Waals surface area contributed by atoms with Crippen molar-refractivity contribution in [2.24, 2.45) is 0 Å². The van der Waals surface area contributed by atoms with Gasteiger partial charge < -0.3 is 14.5 Å². The second-order valence-corrected chi connectivity index (χ2v) is 9.42. The average Bonchev–Trinajstić information content (AvgIpc) is 2.76. The first-order valence-electron chi connectivity index (χ1n) is 11.7. The SMILES string of the molecule is Cc1cc(C)cc(-c2ccc(OCCN(C)C)c(C(=O)/C=C/c3cccc(CN(C)C)c3)c2)c1. The number of carbonyl (C=O) groups excluding carboxylic acids is 1. The summed E-state index contributed by atoms with van der Waals surface area (Å²) >= 11 is 0. The summed E-state index contributed by atoms with van der Waals surface area (Å²) in [6.45, 7) is 6.34. The first-order chi connectivity index (χ1) is 16.2. The van der Waals surface area contributed by atoms with Gasteiger partial charge in [-0.1, -0.05) is 65.7 Å². The fraction of sp³-hybridized carbons (Fsp3) is 0.300. The van der Waals surface area contributed by atoms with Gasteiger partial charge >= 0.3 is 0 Å². The van der Waals surface area contributed by atoms with Crippen LogP contribution in [-0.4, -0.2) is 56.9 Å². The van der Waals surface area contributed by atoms with Gasteiger partial charge in [-0.3, -0.25) is 4.79 Å². The van der Waals surface area contributed by atoms with E-state index in [-0.39, 0.29) is 5.78 Å². The minimum absolute atomic E-state index is 0.0657. The van der Waals surface area contributed by atoms with Crippen LogP contribution in [0.3, 0.4) is 0 Å². The molecule has 0 atom stereocenters. The monoisotopic (exact) mass is 456 g/mol. The molecule has 0 unspecified atom stereocenters. The number of hydrogen-bond donors (Lipinski definition) is 0. The zero-order valence-corrected chi connectivity index (χ0v) is 21.3. The summed E-state index contributed by atoms with van der Waals surface area (Å²) in [6.07, 6.45) is 3.53. The van der Waals surface area contributed by atoms with Crippen LogP contribution in [0.25, 0.3) is 17.2 Å². The molecule has 0 aliphatic heterocycles. The number of aryl methyl sites for hydroxylation is 2. The molecule has 0 fully saturated rings. The average molecular weight is 457 g/mol. The highest BCUT2D eigenvalue weighted by molar-refractivity contribution is 6.09. The number of rotatable bonds is 10. The topological polar surface area (TPSA) is 32.8 Å². The Morgan fingerprint density at radius 3 is 2.26 bits per heavy atom. The Labute approximate surface area is 204 Å². The number of benzene rings is 3. The van der Waals surface area contributed by atoms with Crippen molar-refractivity contribution in [3.05, 3.63) is 94.6 Å². The Balaban J connectivity index is 1.92. The third-order valence-electron chi connectivity index (χ3n) is 5.47. The molecule has 0 heterocycles. The van der Waals surface area contributed by atoms with Gasteiger partial charge in [-0.2, -0.15) is 0 Å². The molecule has 0 amide bonds. The maximum atomic E-state index is 13.3. The quantitative estimate of drug-likeness (QED) is 0.282. The fourth-order valence-electron chi connectivity index (χ4n) is 3.93. The summed E-state index contributed by atoms with van der Waals surface area (Å²) in [5.41, 5.74) is 7.31. The molecule has 178 valence electrons. The molecule has 3 aromatic rings. The van der Waals surface area contributed by atoms with E-state index in [0.29, 0.717) is 17.9 Å². The Kier molecular flexibility index (Phi) is 8.80. The van der Waals surface area contributed by atoms with Crippen LogP contribution in [0, 0.1) is 13.8 Å². The van der Waals surface area contributed by atoms with Crippen LogP contribution in [0.5, 0.6) is 5.75 Å². The highest BCUT2D eigenvalue weighted by atomic mass is 16.5. The van der Waals surface area contributed by atoms with E-state index in [1.165, 1.54) is 16.7 Å². The third kappa shape index (κ3) is 7.41. The molecule has 0 saturated carbocycles. The predicted molar refractivity (Wildman–Crippen MR) is 143 cm³/mol. The highest BCUT2D eigenvalue weighted by Crippen LogP contribution is 2.29. The number of ketones is 1. The van der Waals surface area contributed by atoms with E-state index >= 15 is 0 Å². The summed E-state index contributed by atoms with van der Waals surface area (Å²) in [5, 5.41) is 0. The molecule has 4 nitrogen and oxygen atoms in total. The van der Waals surface area contributed by atoms with Crippen molar-refractivity contribution in [2.45, 2.75) is 20.4 Å². The molecular weight excluding hydrogens is 420 g/mol. The maximum Gasteiger partial charge on any atom is 0.189 e. The third-order valence-corrected chi connectivity index (χ3v) is 5.47. The summed E-state index contributed by atoms with van der Waals surface area (Å²) in [5.74, 6) is 0.551. The minimum atomic E-state index is -0.0657. The van der Waals surface area contributed by atoms with Gasteiger partial charge in [0.2, 0.25) is 0 Å².